The summed E-state index contributed by atoms with van der Waals surface area (Å²) in [6.07, 6.45) is 1.66. The van der Waals surface area contributed by atoms with E-state index in [1.165, 1.54) is 6.92 Å². The maximum absolute atomic E-state index is 10.6. The highest BCUT2D eigenvalue weighted by Crippen LogP contribution is 2.09. The van der Waals surface area contributed by atoms with Crippen LogP contribution >= 0.6 is 0 Å². The van der Waals surface area contributed by atoms with Gasteiger partial charge in [-0.15, -0.1) is 0 Å². The van der Waals surface area contributed by atoms with Crippen molar-refractivity contribution in [3.8, 4) is 0 Å². The lowest BCUT2D eigenvalue weighted by Crippen LogP contribution is -2.32. The van der Waals surface area contributed by atoms with E-state index in [2.05, 4.69) is 12.2 Å². The molecule has 0 rings (SSSR count). The Hall–Kier alpha value is -0.570. The summed E-state index contributed by atoms with van der Waals surface area (Å²) < 4.78 is 0. The molecule has 3 heteroatoms. The Bertz CT molecular complexity index is 134. The van der Waals surface area contributed by atoms with Crippen LogP contribution in [0, 0.1) is 5.92 Å². The van der Waals surface area contributed by atoms with Crippen LogP contribution in [0.3, 0.4) is 0 Å². The molecule has 72 valence electrons. The molecule has 2 N–H and O–H groups in total. The van der Waals surface area contributed by atoms with E-state index in [4.69, 9.17) is 0 Å². The van der Waals surface area contributed by atoms with Crippen molar-refractivity contribution in [1.82, 2.24) is 5.32 Å². The van der Waals surface area contributed by atoms with Gasteiger partial charge in [0.1, 0.15) is 0 Å². The van der Waals surface area contributed by atoms with E-state index in [0.717, 1.165) is 12.8 Å². The number of amides is 1. The summed E-state index contributed by atoms with van der Waals surface area (Å²) in [5.74, 6) is 0.163. The third kappa shape index (κ3) is 5.13. The van der Waals surface area contributed by atoms with E-state index in [9.17, 15) is 9.90 Å². The fourth-order valence-corrected chi connectivity index (χ4v) is 1.16. The average Bonchev–Trinajstić information content (AvgIpc) is 1.96. The quantitative estimate of drug-likeness (QED) is 0.649. The zero-order valence-electron chi connectivity index (χ0n) is 8.13. The Labute approximate surface area is 74.2 Å². The molecule has 3 nitrogen and oxygen atoms in total. The van der Waals surface area contributed by atoms with Gasteiger partial charge >= 0.3 is 0 Å². The Kier molecular flexibility index (Phi) is 5.72. The van der Waals surface area contributed by atoms with Crippen molar-refractivity contribution in [3.63, 3.8) is 0 Å². The highest BCUT2D eigenvalue weighted by molar-refractivity contribution is 5.72. The number of carbonyl (C=O) groups is 1. The van der Waals surface area contributed by atoms with Gasteiger partial charge in [-0.05, 0) is 13.3 Å². The van der Waals surface area contributed by atoms with Crippen molar-refractivity contribution in [2.45, 2.75) is 39.7 Å². The fraction of sp³-hybridized carbons (Fsp3) is 0.889. The van der Waals surface area contributed by atoms with Crippen LogP contribution in [0.2, 0.25) is 0 Å². The molecule has 0 radical (unpaired) electrons. The van der Waals surface area contributed by atoms with Crippen molar-refractivity contribution < 1.29 is 9.90 Å². The van der Waals surface area contributed by atoms with Crippen LogP contribution in [0.4, 0.5) is 0 Å². The molecule has 0 aliphatic carbocycles. The highest BCUT2D eigenvalue weighted by Gasteiger charge is 2.13. The number of nitrogens with one attached hydrogen (secondary N) is 1. The van der Waals surface area contributed by atoms with Crippen LogP contribution in [0.25, 0.3) is 0 Å². The average molecular weight is 173 g/mol. The van der Waals surface area contributed by atoms with Gasteiger partial charge in [-0.25, -0.2) is 0 Å². The summed E-state index contributed by atoms with van der Waals surface area (Å²) in [4.78, 5) is 10.6. The molecule has 0 saturated heterocycles. The largest absolute Gasteiger partial charge is 0.393 e. The fourth-order valence-electron chi connectivity index (χ4n) is 1.16. The van der Waals surface area contributed by atoms with Gasteiger partial charge in [-0.2, -0.15) is 0 Å². The summed E-state index contributed by atoms with van der Waals surface area (Å²) in [7, 11) is 0. The lowest BCUT2D eigenvalue weighted by atomic mass is 9.98. The second-order valence-electron chi connectivity index (χ2n) is 3.23. The maximum atomic E-state index is 10.6. The zero-order valence-corrected chi connectivity index (χ0v) is 8.13. The molecule has 12 heavy (non-hydrogen) atoms. The van der Waals surface area contributed by atoms with E-state index in [-0.39, 0.29) is 17.9 Å². The Morgan fingerprint density at radius 3 is 2.50 bits per heavy atom. The van der Waals surface area contributed by atoms with E-state index in [1.54, 1.807) is 6.92 Å². The van der Waals surface area contributed by atoms with E-state index < -0.39 is 0 Å². The number of carbonyl (C=O) groups excluding carboxylic acids is 1. The predicted octanol–water partition coefficient (Wildman–Crippen LogP) is 0.920. The number of hydrogen-bond donors (Lipinski definition) is 2. The maximum Gasteiger partial charge on any atom is 0.216 e. The monoisotopic (exact) mass is 173 g/mol. The minimum atomic E-state index is -0.336. The van der Waals surface area contributed by atoms with Gasteiger partial charge in [-0.3, -0.25) is 4.79 Å². The number of aliphatic hydroxyl groups is 1. The lowest BCUT2D eigenvalue weighted by molar-refractivity contribution is -0.119. The lowest BCUT2D eigenvalue weighted by Gasteiger charge is -2.18. The van der Waals surface area contributed by atoms with Gasteiger partial charge < -0.3 is 10.4 Å². The van der Waals surface area contributed by atoms with Gasteiger partial charge in [0.2, 0.25) is 5.91 Å². The molecule has 1 amide bonds. The molecule has 2 atom stereocenters. The Morgan fingerprint density at radius 1 is 1.58 bits per heavy atom. The molecular formula is C9H19NO2. The number of rotatable bonds is 5. The zero-order chi connectivity index (χ0) is 9.56. The summed E-state index contributed by atoms with van der Waals surface area (Å²) in [5.41, 5.74) is 0. The molecule has 0 saturated carbocycles. The molecule has 0 bridgehead atoms. The molecule has 0 aliphatic rings. The van der Waals surface area contributed by atoms with Crippen LogP contribution in [0.1, 0.15) is 33.6 Å². The highest BCUT2D eigenvalue weighted by atomic mass is 16.3. The van der Waals surface area contributed by atoms with Gasteiger partial charge in [0.15, 0.2) is 0 Å². The summed E-state index contributed by atoms with van der Waals surface area (Å²) >= 11 is 0. The molecule has 0 spiro atoms. The molecular weight excluding hydrogens is 154 g/mol. The SMILES string of the molecule is CCC[C@@H](CNC(C)=O)[C@H](C)O. The molecule has 0 aromatic heterocycles. The van der Waals surface area contributed by atoms with Crippen LogP contribution in [0.5, 0.6) is 0 Å². The van der Waals surface area contributed by atoms with Crippen molar-refractivity contribution in [2.24, 2.45) is 5.92 Å². The molecule has 0 unspecified atom stereocenters. The van der Waals surface area contributed by atoms with Crippen molar-refractivity contribution >= 4 is 5.91 Å². The van der Waals surface area contributed by atoms with E-state index in [1.807, 2.05) is 0 Å². The normalized spacial score (nSPS) is 15.3. The van der Waals surface area contributed by atoms with Crippen molar-refractivity contribution in [1.29, 1.82) is 0 Å². The first kappa shape index (κ1) is 11.4. The smallest absolute Gasteiger partial charge is 0.216 e. The third-order valence-electron chi connectivity index (χ3n) is 1.95. The van der Waals surface area contributed by atoms with Crippen LogP contribution in [0.15, 0.2) is 0 Å². The minimum absolute atomic E-state index is 0.0308. The number of hydrogen-bond acceptors (Lipinski definition) is 2. The Balaban J connectivity index is 3.70. The molecule has 0 aromatic carbocycles. The molecule has 0 aliphatic heterocycles. The van der Waals surface area contributed by atoms with Crippen LogP contribution in [-0.2, 0) is 4.79 Å². The second-order valence-corrected chi connectivity index (χ2v) is 3.23. The van der Waals surface area contributed by atoms with Crippen LogP contribution in [-0.4, -0.2) is 23.7 Å². The summed E-state index contributed by atoms with van der Waals surface area (Å²) in [6.45, 7) is 5.91. The van der Waals surface area contributed by atoms with Crippen LogP contribution < -0.4 is 5.32 Å². The van der Waals surface area contributed by atoms with Gasteiger partial charge in [0.05, 0.1) is 6.10 Å². The topological polar surface area (TPSA) is 49.3 Å². The molecule has 0 fully saturated rings. The predicted molar refractivity (Wildman–Crippen MR) is 48.8 cm³/mol. The van der Waals surface area contributed by atoms with Gasteiger partial charge in [0, 0.05) is 19.4 Å². The summed E-state index contributed by atoms with van der Waals surface area (Å²) in [6, 6.07) is 0. The summed E-state index contributed by atoms with van der Waals surface area (Å²) in [5, 5.41) is 12.0. The standard InChI is InChI=1S/C9H19NO2/c1-4-5-9(7(2)11)6-10-8(3)12/h7,9,11H,4-6H2,1-3H3,(H,10,12)/t7-,9-/m0/s1. The van der Waals surface area contributed by atoms with Crippen molar-refractivity contribution in [3.05, 3.63) is 0 Å². The van der Waals surface area contributed by atoms with E-state index in [0.29, 0.717) is 6.54 Å². The molecule has 0 aromatic rings. The third-order valence-corrected chi connectivity index (χ3v) is 1.95. The first-order chi connectivity index (χ1) is 5.57. The molecule has 0 heterocycles. The first-order valence-corrected chi connectivity index (χ1v) is 4.50. The Morgan fingerprint density at radius 2 is 2.17 bits per heavy atom. The van der Waals surface area contributed by atoms with Gasteiger partial charge in [-0.1, -0.05) is 13.3 Å². The second kappa shape index (κ2) is 6.00. The van der Waals surface area contributed by atoms with E-state index >= 15 is 0 Å². The van der Waals surface area contributed by atoms with Crippen molar-refractivity contribution in [2.75, 3.05) is 6.54 Å². The van der Waals surface area contributed by atoms with Gasteiger partial charge in [0.25, 0.3) is 0 Å². The number of aliphatic hydroxyl groups excluding tert-OH is 1. The first-order valence-electron chi connectivity index (χ1n) is 4.50. The minimum Gasteiger partial charge on any atom is -0.393 e.